The van der Waals surface area contributed by atoms with Crippen LogP contribution >= 0.6 is 0 Å². The largest absolute Gasteiger partial charge is 0.477 e. The molecule has 2 aromatic carbocycles. The SMILES string of the molecule is Nc1nc(OCCc2ccccc2)cc(-c2ccccc2)n1. The van der Waals surface area contributed by atoms with E-state index < -0.39 is 0 Å². The van der Waals surface area contributed by atoms with Gasteiger partial charge >= 0.3 is 0 Å². The van der Waals surface area contributed by atoms with Gasteiger partial charge in [0.2, 0.25) is 11.8 Å². The van der Waals surface area contributed by atoms with Gasteiger partial charge in [0.1, 0.15) is 0 Å². The lowest BCUT2D eigenvalue weighted by Crippen LogP contribution is -2.05. The maximum absolute atomic E-state index is 5.78. The van der Waals surface area contributed by atoms with Crippen molar-refractivity contribution in [2.75, 3.05) is 12.3 Å². The zero-order valence-electron chi connectivity index (χ0n) is 12.1. The predicted octanol–water partition coefficient (Wildman–Crippen LogP) is 3.35. The van der Waals surface area contributed by atoms with Gasteiger partial charge in [0.25, 0.3) is 0 Å². The zero-order valence-corrected chi connectivity index (χ0v) is 12.1. The van der Waals surface area contributed by atoms with Crippen molar-refractivity contribution in [2.45, 2.75) is 6.42 Å². The molecular formula is C18H17N3O. The molecule has 0 radical (unpaired) electrons. The molecule has 22 heavy (non-hydrogen) atoms. The van der Waals surface area contributed by atoms with Crippen molar-refractivity contribution in [3.8, 4) is 17.1 Å². The van der Waals surface area contributed by atoms with Crippen LogP contribution in [0.5, 0.6) is 5.88 Å². The number of nitrogens with two attached hydrogens (primary N) is 1. The lowest BCUT2D eigenvalue weighted by molar-refractivity contribution is 0.309. The molecule has 0 saturated carbocycles. The van der Waals surface area contributed by atoms with Gasteiger partial charge in [-0.15, -0.1) is 0 Å². The van der Waals surface area contributed by atoms with E-state index >= 15 is 0 Å². The third kappa shape index (κ3) is 3.61. The van der Waals surface area contributed by atoms with Crippen LogP contribution in [0.4, 0.5) is 5.95 Å². The van der Waals surface area contributed by atoms with Crippen LogP contribution in [0.2, 0.25) is 0 Å². The maximum atomic E-state index is 5.78. The van der Waals surface area contributed by atoms with Crippen LogP contribution in [0.15, 0.2) is 66.7 Å². The molecule has 1 aromatic heterocycles. The van der Waals surface area contributed by atoms with Gasteiger partial charge in [-0.05, 0) is 5.56 Å². The molecule has 4 nitrogen and oxygen atoms in total. The zero-order chi connectivity index (χ0) is 15.2. The summed E-state index contributed by atoms with van der Waals surface area (Å²) in [5.41, 5.74) is 8.76. The van der Waals surface area contributed by atoms with E-state index in [1.54, 1.807) is 0 Å². The van der Waals surface area contributed by atoms with Crippen molar-refractivity contribution in [3.63, 3.8) is 0 Å². The minimum Gasteiger partial charge on any atom is -0.477 e. The van der Waals surface area contributed by atoms with Crippen molar-refractivity contribution < 1.29 is 4.74 Å². The molecule has 0 amide bonds. The number of nitrogen functional groups attached to an aromatic ring is 1. The van der Waals surface area contributed by atoms with E-state index in [0.29, 0.717) is 12.5 Å². The topological polar surface area (TPSA) is 61.0 Å². The van der Waals surface area contributed by atoms with E-state index in [-0.39, 0.29) is 5.95 Å². The van der Waals surface area contributed by atoms with Crippen molar-refractivity contribution in [3.05, 3.63) is 72.3 Å². The monoisotopic (exact) mass is 291 g/mol. The highest BCUT2D eigenvalue weighted by molar-refractivity contribution is 5.61. The molecule has 0 atom stereocenters. The molecule has 110 valence electrons. The second-order valence-corrected chi connectivity index (χ2v) is 4.90. The number of rotatable bonds is 5. The van der Waals surface area contributed by atoms with Gasteiger partial charge in [0, 0.05) is 18.1 Å². The number of aromatic nitrogens is 2. The molecule has 0 saturated heterocycles. The standard InChI is InChI=1S/C18H17N3O/c19-18-20-16(15-9-5-2-6-10-15)13-17(21-18)22-12-11-14-7-3-1-4-8-14/h1-10,13H,11-12H2,(H2,19,20,21). The van der Waals surface area contributed by atoms with Crippen molar-refractivity contribution in [1.29, 1.82) is 0 Å². The van der Waals surface area contributed by atoms with Gasteiger partial charge in [-0.2, -0.15) is 4.98 Å². The van der Waals surface area contributed by atoms with Crippen LogP contribution in [-0.2, 0) is 6.42 Å². The minimum atomic E-state index is 0.219. The molecular weight excluding hydrogens is 274 g/mol. The summed E-state index contributed by atoms with van der Waals surface area (Å²) in [5, 5.41) is 0. The van der Waals surface area contributed by atoms with Crippen LogP contribution < -0.4 is 10.5 Å². The Morgan fingerprint density at radius 2 is 1.55 bits per heavy atom. The molecule has 0 aliphatic heterocycles. The molecule has 3 aromatic rings. The van der Waals surface area contributed by atoms with Crippen molar-refractivity contribution in [2.24, 2.45) is 0 Å². The molecule has 0 spiro atoms. The number of hydrogen-bond donors (Lipinski definition) is 1. The van der Waals surface area contributed by atoms with Gasteiger partial charge in [0.15, 0.2) is 0 Å². The van der Waals surface area contributed by atoms with Crippen LogP contribution in [0.3, 0.4) is 0 Å². The molecule has 4 heteroatoms. The third-order valence-electron chi connectivity index (χ3n) is 3.27. The normalized spacial score (nSPS) is 10.4. The quantitative estimate of drug-likeness (QED) is 0.783. The average molecular weight is 291 g/mol. The predicted molar refractivity (Wildman–Crippen MR) is 87.5 cm³/mol. The minimum absolute atomic E-state index is 0.219. The highest BCUT2D eigenvalue weighted by atomic mass is 16.5. The Morgan fingerprint density at radius 3 is 2.27 bits per heavy atom. The third-order valence-corrected chi connectivity index (χ3v) is 3.27. The summed E-state index contributed by atoms with van der Waals surface area (Å²) in [4.78, 5) is 8.39. The van der Waals surface area contributed by atoms with Gasteiger partial charge in [0.05, 0.1) is 12.3 Å². The number of anilines is 1. The lowest BCUT2D eigenvalue weighted by atomic mass is 10.1. The summed E-state index contributed by atoms with van der Waals surface area (Å²) < 4.78 is 5.72. The summed E-state index contributed by atoms with van der Waals surface area (Å²) in [6.07, 6.45) is 0.825. The first-order valence-corrected chi connectivity index (χ1v) is 7.18. The highest BCUT2D eigenvalue weighted by Crippen LogP contribution is 2.21. The van der Waals surface area contributed by atoms with Gasteiger partial charge in [-0.3, -0.25) is 0 Å². The second kappa shape index (κ2) is 6.72. The van der Waals surface area contributed by atoms with E-state index in [4.69, 9.17) is 10.5 Å². The Morgan fingerprint density at radius 1 is 0.864 bits per heavy atom. The molecule has 0 bridgehead atoms. The summed E-state index contributed by atoms with van der Waals surface area (Å²) in [6, 6.07) is 21.9. The molecule has 2 N–H and O–H groups in total. The number of hydrogen-bond acceptors (Lipinski definition) is 4. The summed E-state index contributed by atoms with van der Waals surface area (Å²) in [5.74, 6) is 0.721. The lowest BCUT2D eigenvalue weighted by Gasteiger charge is -2.08. The first-order chi connectivity index (χ1) is 10.8. The van der Waals surface area contributed by atoms with Gasteiger partial charge in [-0.25, -0.2) is 4.98 Å². The van der Waals surface area contributed by atoms with Crippen LogP contribution in [0.1, 0.15) is 5.56 Å². The van der Waals surface area contributed by atoms with Crippen LogP contribution in [0.25, 0.3) is 11.3 Å². The fourth-order valence-corrected chi connectivity index (χ4v) is 2.19. The smallest absolute Gasteiger partial charge is 0.223 e. The fourth-order valence-electron chi connectivity index (χ4n) is 2.19. The van der Waals surface area contributed by atoms with Gasteiger partial charge < -0.3 is 10.5 Å². The average Bonchev–Trinajstić information content (AvgIpc) is 2.56. The molecule has 0 aliphatic rings. The number of nitrogens with zero attached hydrogens (tertiary/aromatic N) is 2. The van der Waals surface area contributed by atoms with Crippen molar-refractivity contribution in [1.82, 2.24) is 9.97 Å². The van der Waals surface area contributed by atoms with Crippen molar-refractivity contribution >= 4 is 5.95 Å². The summed E-state index contributed by atoms with van der Waals surface area (Å²) in [6.45, 7) is 0.550. The summed E-state index contributed by atoms with van der Waals surface area (Å²) in [7, 11) is 0. The molecule has 1 heterocycles. The molecule has 0 fully saturated rings. The Labute approximate surface area is 129 Å². The van der Waals surface area contributed by atoms with E-state index in [2.05, 4.69) is 22.1 Å². The first-order valence-electron chi connectivity index (χ1n) is 7.18. The Hall–Kier alpha value is -2.88. The Balaban J connectivity index is 1.70. The first kappa shape index (κ1) is 14.1. The fraction of sp³-hybridized carbons (Fsp3) is 0.111. The molecule has 3 rings (SSSR count). The number of ether oxygens (including phenoxy) is 1. The van der Waals surface area contributed by atoms with Crippen LogP contribution in [-0.4, -0.2) is 16.6 Å². The summed E-state index contributed by atoms with van der Waals surface area (Å²) >= 11 is 0. The van der Waals surface area contributed by atoms with E-state index in [1.807, 2.05) is 54.6 Å². The second-order valence-electron chi connectivity index (χ2n) is 4.90. The molecule has 0 unspecified atom stereocenters. The van der Waals surface area contributed by atoms with E-state index in [0.717, 1.165) is 17.7 Å². The maximum Gasteiger partial charge on any atom is 0.223 e. The van der Waals surface area contributed by atoms with E-state index in [9.17, 15) is 0 Å². The Bertz CT molecular complexity index is 730. The van der Waals surface area contributed by atoms with Gasteiger partial charge in [-0.1, -0.05) is 60.7 Å². The Kier molecular flexibility index (Phi) is 4.30. The van der Waals surface area contributed by atoms with Crippen LogP contribution in [0, 0.1) is 0 Å². The van der Waals surface area contributed by atoms with E-state index in [1.165, 1.54) is 5.56 Å². The number of benzene rings is 2. The molecule has 0 aliphatic carbocycles. The highest BCUT2D eigenvalue weighted by Gasteiger charge is 2.05.